The van der Waals surface area contributed by atoms with Crippen LogP contribution in [-0.4, -0.2) is 37.5 Å². The van der Waals surface area contributed by atoms with Crippen LogP contribution in [0.3, 0.4) is 0 Å². The molecule has 0 unspecified atom stereocenters. The smallest absolute Gasteiger partial charge is 0.243 e. The highest BCUT2D eigenvalue weighted by atomic mass is 32.2. The molecule has 0 fully saturated rings. The quantitative estimate of drug-likeness (QED) is 0.855. The summed E-state index contributed by atoms with van der Waals surface area (Å²) in [5.41, 5.74) is 0.726. The van der Waals surface area contributed by atoms with Gasteiger partial charge in [-0.2, -0.15) is 4.31 Å². The van der Waals surface area contributed by atoms with E-state index in [1.807, 2.05) is 19.9 Å². The van der Waals surface area contributed by atoms with E-state index in [2.05, 4.69) is 0 Å². The SMILES string of the molecule is Cc1ccccc1S(=O)(=O)N(CCO)CC(C)C. The van der Waals surface area contributed by atoms with Gasteiger partial charge in [0.2, 0.25) is 10.0 Å². The van der Waals surface area contributed by atoms with Gasteiger partial charge in [-0.05, 0) is 24.5 Å². The summed E-state index contributed by atoms with van der Waals surface area (Å²) in [6.45, 7) is 6.07. The molecule has 102 valence electrons. The van der Waals surface area contributed by atoms with Crippen molar-refractivity contribution in [2.75, 3.05) is 19.7 Å². The van der Waals surface area contributed by atoms with Crippen LogP contribution >= 0.6 is 0 Å². The van der Waals surface area contributed by atoms with Gasteiger partial charge in [-0.3, -0.25) is 0 Å². The highest BCUT2D eigenvalue weighted by Crippen LogP contribution is 2.20. The Morgan fingerprint density at radius 3 is 2.39 bits per heavy atom. The maximum absolute atomic E-state index is 12.5. The number of hydrogen-bond acceptors (Lipinski definition) is 3. The minimum atomic E-state index is -3.52. The summed E-state index contributed by atoms with van der Waals surface area (Å²) >= 11 is 0. The Morgan fingerprint density at radius 1 is 1.28 bits per heavy atom. The fraction of sp³-hybridized carbons (Fsp3) is 0.538. The lowest BCUT2D eigenvalue weighted by Gasteiger charge is -2.23. The zero-order valence-corrected chi connectivity index (χ0v) is 11.9. The van der Waals surface area contributed by atoms with Crippen molar-refractivity contribution in [1.29, 1.82) is 0 Å². The topological polar surface area (TPSA) is 57.6 Å². The summed E-state index contributed by atoms with van der Waals surface area (Å²) in [5.74, 6) is 0.218. The minimum Gasteiger partial charge on any atom is -0.395 e. The number of nitrogens with zero attached hydrogens (tertiary/aromatic N) is 1. The molecule has 0 spiro atoms. The number of sulfonamides is 1. The van der Waals surface area contributed by atoms with E-state index in [0.29, 0.717) is 11.4 Å². The third kappa shape index (κ3) is 3.54. The maximum Gasteiger partial charge on any atom is 0.243 e. The van der Waals surface area contributed by atoms with Crippen molar-refractivity contribution in [3.63, 3.8) is 0 Å². The Labute approximate surface area is 109 Å². The van der Waals surface area contributed by atoms with Gasteiger partial charge in [-0.1, -0.05) is 32.0 Å². The molecule has 1 aromatic carbocycles. The molecule has 0 aromatic heterocycles. The fourth-order valence-corrected chi connectivity index (χ4v) is 3.63. The largest absolute Gasteiger partial charge is 0.395 e. The second-order valence-corrected chi connectivity index (χ2v) is 6.65. The molecule has 4 nitrogen and oxygen atoms in total. The molecule has 0 amide bonds. The molecular formula is C13H21NO3S. The Morgan fingerprint density at radius 2 is 1.89 bits per heavy atom. The Kier molecular flexibility index (Phi) is 5.31. The highest BCUT2D eigenvalue weighted by Gasteiger charge is 2.25. The number of rotatable bonds is 6. The van der Waals surface area contributed by atoms with E-state index < -0.39 is 10.0 Å². The van der Waals surface area contributed by atoms with Crippen molar-refractivity contribution in [1.82, 2.24) is 4.31 Å². The van der Waals surface area contributed by atoms with Crippen molar-refractivity contribution in [3.05, 3.63) is 29.8 Å². The van der Waals surface area contributed by atoms with Crippen LogP contribution in [0.2, 0.25) is 0 Å². The van der Waals surface area contributed by atoms with Crippen molar-refractivity contribution >= 4 is 10.0 Å². The van der Waals surface area contributed by atoms with Crippen LogP contribution in [-0.2, 0) is 10.0 Å². The molecule has 1 rings (SSSR count). The summed E-state index contributed by atoms with van der Waals surface area (Å²) in [5, 5.41) is 9.02. The number of benzene rings is 1. The van der Waals surface area contributed by atoms with E-state index in [1.54, 1.807) is 25.1 Å². The first kappa shape index (κ1) is 15.1. The lowest BCUT2D eigenvalue weighted by atomic mass is 10.2. The molecule has 0 saturated carbocycles. The summed E-state index contributed by atoms with van der Waals surface area (Å²) in [6.07, 6.45) is 0. The predicted octanol–water partition coefficient (Wildman–Crippen LogP) is 1.63. The first-order valence-corrected chi connectivity index (χ1v) is 7.50. The Balaban J connectivity index is 3.13. The van der Waals surface area contributed by atoms with E-state index in [-0.39, 0.29) is 19.1 Å². The van der Waals surface area contributed by atoms with E-state index in [0.717, 1.165) is 5.56 Å². The number of aliphatic hydroxyl groups is 1. The first-order valence-electron chi connectivity index (χ1n) is 6.06. The van der Waals surface area contributed by atoms with Gasteiger partial charge in [-0.15, -0.1) is 0 Å². The normalized spacial score (nSPS) is 12.3. The van der Waals surface area contributed by atoms with Crippen LogP contribution in [0.5, 0.6) is 0 Å². The van der Waals surface area contributed by atoms with Gasteiger partial charge in [0, 0.05) is 13.1 Å². The molecule has 0 aliphatic carbocycles. The molecule has 5 heteroatoms. The molecule has 0 saturated heterocycles. The summed E-state index contributed by atoms with van der Waals surface area (Å²) in [4.78, 5) is 0.319. The van der Waals surface area contributed by atoms with E-state index in [1.165, 1.54) is 4.31 Å². The summed E-state index contributed by atoms with van der Waals surface area (Å²) in [6, 6.07) is 6.91. The van der Waals surface area contributed by atoms with Crippen molar-refractivity contribution in [2.45, 2.75) is 25.7 Å². The van der Waals surface area contributed by atoms with Gasteiger partial charge in [0.1, 0.15) is 0 Å². The maximum atomic E-state index is 12.5. The van der Waals surface area contributed by atoms with Crippen LogP contribution in [0.1, 0.15) is 19.4 Å². The lowest BCUT2D eigenvalue weighted by Crippen LogP contribution is -2.36. The highest BCUT2D eigenvalue weighted by molar-refractivity contribution is 7.89. The molecule has 0 heterocycles. The van der Waals surface area contributed by atoms with Crippen LogP contribution in [0, 0.1) is 12.8 Å². The van der Waals surface area contributed by atoms with Crippen molar-refractivity contribution in [3.8, 4) is 0 Å². The predicted molar refractivity (Wildman–Crippen MR) is 71.9 cm³/mol. The second kappa shape index (κ2) is 6.31. The van der Waals surface area contributed by atoms with Gasteiger partial charge in [0.25, 0.3) is 0 Å². The van der Waals surface area contributed by atoms with Gasteiger partial charge < -0.3 is 5.11 Å². The zero-order valence-electron chi connectivity index (χ0n) is 11.1. The average molecular weight is 271 g/mol. The van der Waals surface area contributed by atoms with Crippen LogP contribution < -0.4 is 0 Å². The number of aliphatic hydroxyl groups excluding tert-OH is 1. The molecule has 0 radical (unpaired) electrons. The molecule has 0 aliphatic rings. The van der Waals surface area contributed by atoms with Crippen LogP contribution in [0.4, 0.5) is 0 Å². The molecule has 0 atom stereocenters. The zero-order chi connectivity index (χ0) is 13.8. The molecule has 1 aromatic rings. The van der Waals surface area contributed by atoms with E-state index in [9.17, 15) is 8.42 Å². The molecular weight excluding hydrogens is 250 g/mol. The van der Waals surface area contributed by atoms with Crippen molar-refractivity contribution < 1.29 is 13.5 Å². The fourth-order valence-electron chi connectivity index (χ4n) is 1.81. The van der Waals surface area contributed by atoms with E-state index >= 15 is 0 Å². The van der Waals surface area contributed by atoms with Crippen LogP contribution in [0.15, 0.2) is 29.2 Å². The Hall–Kier alpha value is -0.910. The molecule has 0 aliphatic heterocycles. The third-order valence-electron chi connectivity index (χ3n) is 2.63. The van der Waals surface area contributed by atoms with Gasteiger partial charge >= 0.3 is 0 Å². The molecule has 0 bridgehead atoms. The third-order valence-corrected chi connectivity index (χ3v) is 4.65. The second-order valence-electron chi connectivity index (χ2n) is 4.75. The van der Waals surface area contributed by atoms with Crippen LogP contribution in [0.25, 0.3) is 0 Å². The number of aryl methyl sites for hydroxylation is 1. The summed E-state index contributed by atoms with van der Waals surface area (Å²) < 4.78 is 26.3. The Bertz CT molecular complexity index is 483. The molecule has 18 heavy (non-hydrogen) atoms. The van der Waals surface area contributed by atoms with Gasteiger partial charge in [-0.25, -0.2) is 8.42 Å². The lowest BCUT2D eigenvalue weighted by molar-refractivity contribution is 0.244. The standard InChI is InChI=1S/C13H21NO3S/c1-11(2)10-14(8-9-15)18(16,17)13-7-5-4-6-12(13)3/h4-7,11,15H,8-10H2,1-3H3. The monoisotopic (exact) mass is 271 g/mol. The average Bonchev–Trinajstić information content (AvgIpc) is 2.28. The van der Waals surface area contributed by atoms with Gasteiger partial charge in [0.15, 0.2) is 0 Å². The first-order chi connectivity index (χ1) is 8.39. The van der Waals surface area contributed by atoms with E-state index in [4.69, 9.17) is 5.11 Å². The minimum absolute atomic E-state index is 0.134. The number of hydrogen-bond donors (Lipinski definition) is 1. The summed E-state index contributed by atoms with van der Waals surface area (Å²) in [7, 11) is -3.52. The van der Waals surface area contributed by atoms with Crippen molar-refractivity contribution in [2.24, 2.45) is 5.92 Å². The molecule has 1 N–H and O–H groups in total. The van der Waals surface area contributed by atoms with Gasteiger partial charge in [0.05, 0.1) is 11.5 Å².